The zero-order chi connectivity index (χ0) is 10.8. The van der Waals surface area contributed by atoms with Crippen LogP contribution < -0.4 is 0 Å². The maximum atomic E-state index is 4.32. The molecule has 15 heavy (non-hydrogen) atoms. The number of benzene rings is 1. The van der Waals surface area contributed by atoms with Crippen molar-refractivity contribution >= 4 is 27.7 Å². The van der Waals surface area contributed by atoms with Gasteiger partial charge in [0.15, 0.2) is 0 Å². The molecule has 2 aromatic rings. The van der Waals surface area contributed by atoms with Gasteiger partial charge in [-0.05, 0) is 19.2 Å². The van der Waals surface area contributed by atoms with Gasteiger partial charge in [-0.1, -0.05) is 18.2 Å². The SMILES string of the molecule is CN=C(SC)c1c(C)[nH]c2ccccc12. The number of nitrogens with one attached hydrogen (secondary N) is 1. The van der Waals surface area contributed by atoms with Gasteiger partial charge in [0.25, 0.3) is 0 Å². The lowest BCUT2D eigenvalue weighted by atomic mass is 10.1. The monoisotopic (exact) mass is 218 g/mol. The molecule has 1 N–H and O–H groups in total. The molecule has 78 valence electrons. The molecule has 0 bridgehead atoms. The van der Waals surface area contributed by atoms with Crippen LogP contribution in [-0.4, -0.2) is 23.3 Å². The molecule has 0 atom stereocenters. The zero-order valence-corrected chi connectivity index (χ0v) is 9.98. The first-order valence-electron chi connectivity index (χ1n) is 4.86. The molecule has 1 aromatic carbocycles. The van der Waals surface area contributed by atoms with E-state index in [0.29, 0.717) is 0 Å². The molecule has 2 nitrogen and oxygen atoms in total. The van der Waals surface area contributed by atoms with Gasteiger partial charge in [-0.3, -0.25) is 4.99 Å². The maximum Gasteiger partial charge on any atom is 0.0994 e. The second-order valence-electron chi connectivity index (χ2n) is 3.40. The Balaban J connectivity index is 2.74. The third-order valence-corrected chi connectivity index (χ3v) is 3.28. The third kappa shape index (κ3) is 1.67. The number of fused-ring (bicyclic) bond motifs is 1. The first kappa shape index (κ1) is 10.3. The molecule has 0 aliphatic rings. The number of aryl methyl sites for hydroxylation is 1. The summed E-state index contributed by atoms with van der Waals surface area (Å²) in [5.41, 5.74) is 3.60. The van der Waals surface area contributed by atoms with E-state index in [0.717, 1.165) is 5.04 Å². The molecule has 0 fully saturated rings. The van der Waals surface area contributed by atoms with Crippen molar-refractivity contribution in [1.29, 1.82) is 0 Å². The van der Waals surface area contributed by atoms with Crippen LogP contribution in [0.5, 0.6) is 0 Å². The number of para-hydroxylation sites is 1. The highest BCUT2D eigenvalue weighted by Gasteiger charge is 2.11. The molecule has 0 radical (unpaired) electrons. The first-order valence-corrected chi connectivity index (χ1v) is 6.09. The Hall–Kier alpha value is -1.22. The van der Waals surface area contributed by atoms with Gasteiger partial charge >= 0.3 is 0 Å². The smallest absolute Gasteiger partial charge is 0.0994 e. The average molecular weight is 218 g/mol. The molecule has 0 spiro atoms. The fourth-order valence-corrected chi connectivity index (χ4v) is 2.51. The van der Waals surface area contributed by atoms with Crippen molar-refractivity contribution in [2.24, 2.45) is 4.99 Å². The Kier molecular flexibility index (Phi) is 2.82. The predicted octanol–water partition coefficient (Wildman–Crippen LogP) is 3.22. The molecule has 1 aromatic heterocycles. The fourth-order valence-electron chi connectivity index (χ4n) is 1.86. The minimum absolute atomic E-state index is 1.09. The summed E-state index contributed by atoms with van der Waals surface area (Å²) in [6, 6.07) is 8.34. The van der Waals surface area contributed by atoms with Gasteiger partial charge in [-0.2, -0.15) is 0 Å². The summed E-state index contributed by atoms with van der Waals surface area (Å²) in [4.78, 5) is 7.70. The zero-order valence-electron chi connectivity index (χ0n) is 9.16. The van der Waals surface area contributed by atoms with Crippen LogP contribution in [-0.2, 0) is 0 Å². The number of aliphatic imine (C=N–C) groups is 1. The van der Waals surface area contributed by atoms with Crippen molar-refractivity contribution in [3.8, 4) is 0 Å². The Morgan fingerprint density at radius 1 is 1.33 bits per heavy atom. The number of H-pyrrole nitrogens is 1. The molecule has 1 heterocycles. The molecule has 0 aliphatic carbocycles. The van der Waals surface area contributed by atoms with E-state index in [9.17, 15) is 0 Å². The van der Waals surface area contributed by atoms with Crippen molar-refractivity contribution in [1.82, 2.24) is 4.98 Å². The quantitative estimate of drug-likeness (QED) is 0.577. The van der Waals surface area contributed by atoms with Crippen molar-refractivity contribution in [3.05, 3.63) is 35.5 Å². The van der Waals surface area contributed by atoms with E-state index in [1.165, 1.54) is 22.2 Å². The van der Waals surface area contributed by atoms with E-state index in [1.807, 2.05) is 13.1 Å². The molecule has 0 amide bonds. The summed E-state index contributed by atoms with van der Waals surface area (Å²) >= 11 is 1.69. The van der Waals surface area contributed by atoms with Crippen LogP contribution >= 0.6 is 11.8 Å². The Morgan fingerprint density at radius 3 is 2.73 bits per heavy atom. The molecule has 3 heteroatoms. The Labute approximate surface area is 93.8 Å². The van der Waals surface area contributed by atoms with Gasteiger partial charge < -0.3 is 4.98 Å². The largest absolute Gasteiger partial charge is 0.358 e. The van der Waals surface area contributed by atoms with Gasteiger partial charge in [0, 0.05) is 29.2 Å². The molecule has 0 unspecified atom stereocenters. The highest BCUT2D eigenvalue weighted by molar-refractivity contribution is 8.13. The number of rotatable bonds is 1. The molecule has 0 saturated heterocycles. The lowest BCUT2D eigenvalue weighted by Gasteiger charge is -2.01. The van der Waals surface area contributed by atoms with Crippen molar-refractivity contribution in [2.75, 3.05) is 13.3 Å². The van der Waals surface area contributed by atoms with Crippen molar-refractivity contribution < 1.29 is 0 Å². The molecular formula is C12H14N2S. The Morgan fingerprint density at radius 2 is 2.07 bits per heavy atom. The third-order valence-electron chi connectivity index (χ3n) is 2.50. The van der Waals surface area contributed by atoms with Crippen molar-refractivity contribution in [2.45, 2.75) is 6.92 Å². The van der Waals surface area contributed by atoms with Gasteiger partial charge in [0.05, 0.1) is 5.04 Å². The van der Waals surface area contributed by atoms with Crippen LogP contribution in [0.15, 0.2) is 29.3 Å². The van der Waals surface area contributed by atoms with Gasteiger partial charge in [-0.25, -0.2) is 0 Å². The van der Waals surface area contributed by atoms with Gasteiger partial charge in [0.1, 0.15) is 0 Å². The van der Waals surface area contributed by atoms with Crippen LogP contribution in [0.25, 0.3) is 10.9 Å². The summed E-state index contributed by atoms with van der Waals surface area (Å²) in [5, 5.41) is 2.34. The Bertz CT molecular complexity index is 511. The minimum Gasteiger partial charge on any atom is -0.358 e. The standard InChI is InChI=1S/C12H14N2S/c1-8-11(12(13-2)15-3)9-6-4-5-7-10(9)14-8/h4-7,14H,1-3H3. The van der Waals surface area contributed by atoms with Crippen molar-refractivity contribution in [3.63, 3.8) is 0 Å². The van der Waals surface area contributed by atoms with E-state index < -0.39 is 0 Å². The predicted molar refractivity (Wildman–Crippen MR) is 69.0 cm³/mol. The topological polar surface area (TPSA) is 28.1 Å². The molecular weight excluding hydrogens is 204 g/mol. The van der Waals surface area contributed by atoms with E-state index in [-0.39, 0.29) is 0 Å². The van der Waals surface area contributed by atoms with Crippen LogP contribution in [0, 0.1) is 6.92 Å². The lowest BCUT2D eigenvalue weighted by molar-refractivity contribution is 1.29. The molecule has 2 rings (SSSR count). The van der Waals surface area contributed by atoms with Gasteiger partial charge in [-0.15, -0.1) is 11.8 Å². The van der Waals surface area contributed by atoms with Crippen LogP contribution in [0.3, 0.4) is 0 Å². The molecule has 0 aliphatic heterocycles. The summed E-state index contributed by atoms with van der Waals surface area (Å²) < 4.78 is 0. The number of aromatic amines is 1. The highest BCUT2D eigenvalue weighted by Crippen LogP contribution is 2.25. The maximum absolute atomic E-state index is 4.32. The van der Waals surface area contributed by atoms with E-state index in [4.69, 9.17) is 0 Å². The summed E-state index contributed by atoms with van der Waals surface area (Å²) in [6.07, 6.45) is 2.06. The molecule has 0 saturated carbocycles. The average Bonchev–Trinajstić information content (AvgIpc) is 2.58. The first-order chi connectivity index (χ1) is 7.27. The minimum atomic E-state index is 1.09. The van der Waals surface area contributed by atoms with Crippen LogP contribution in [0.2, 0.25) is 0 Å². The van der Waals surface area contributed by atoms with Gasteiger partial charge in [0.2, 0.25) is 0 Å². The van der Waals surface area contributed by atoms with Crippen LogP contribution in [0.1, 0.15) is 11.3 Å². The number of hydrogen-bond acceptors (Lipinski definition) is 2. The lowest BCUT2D eigenvalue weighted by Crippen LogP contribution is -1.95. The second-order valence-corrected chi connectivity index (χ2v) is 4.20. The number of hydrogen-bond donors (Lipinski definition) is 1. The van der Waals surface area contributed by atoms with E-state index >= 15 is 0 Å². The summed E-state index contributed by atoms with van der Waals surface area (Å²) in [5.74, 6) is 0. The van der Waals surface area contributed by atoms with Crippen LogP contribution in [0.4, 0.5) is 0 Å². The van der Waals surface area contributed by atoms with E-state index in [2.05, 4.69) is 41.4 Å². The second kappa shape index (κ2) is 4.11. The number of thioether (sulfide) groups is 1. The summed E-state index contributed by atoms with van der Waals surface area (Å²) in [7, 11) is 1.84. The fraction of sp³-hybridized carbons (Fsp3) is 0.250. The normalized spacial score (nSPS) is 12.3. The highest BCUT2D eigenvalue weighted by atomic mass is 32.2. The van der Waals surface area contributed by atoms with E-state index in [1.54, 1.807) is 11.8 Å². The number of nitrogens with zero attached hydrogens (tertiary/aromatic N) is 1. The number of aromatic nitrogens is 1. The summed E-state index contributed by atoms with van der Waals surface area (Å²) in [6.45, 7) is 2.09.